The maximum absolute atomic E-state index is 10.6. The smallest absolute Gasteiger partial charge is 0.332 e. The topological polar surface area (TPSA) is 74.6 Å². The third kappa shape index (κ3) is 2.09. The standard InChI is InChI=1S/C8H7ClO4/c9-4-1-2-5(7(10)11)6(3-4)8(12)13/h1H,2-3H2,(H,10,11)(H,12,13). The van der Waals surface area contributed by atoms with Gasteiger partial charge in [0.1, 0.15) is 0 Å². The summed E-state index contributed by atoms with van der Waals surface area (Å²) in [5.41, 5.74) is -0.211. The zero-order chi connectivity index (χ0) is 10.0. The Kier molecular flexibility index (Phi) is 2.72. The van der Waals surface area contributed by atoms with Gasteiger partial charge in [-0.1, -0.05) is 17.7 Å². The molecule has 1 aliphatic carbocycles. The summed E-state index contributed by atoms with van der Waals surface area (Å²) in [4.78, 5) is 21.2. The molecule has 2 N–H and O–H groups in total. The lowest BCUT2D eigenvalue weighted by Crippen LogP contribution is -2.13. The predicted octanol–water partition coefficient (Wildman–Crippen LogP) is 1.37. The molecular formula is C8H7ClO4. The SMILES string of the molecule is O=C(O)C1=C(C(=O)O)CC(Cl)=CC1. The number of rotatable bonds is 2. The highest BCUT2D eigenvalue weighted by molar-refractivity contribution is 6.30. The van der Waals surface area contributed by atoms with Gasteiger partial charge in [0.15, 0.2) is 0 Å². The van der Waals surface area contributed by atoms with Crippen LogP contribution in [-0.2, 0) is 9.59 Å². The fraction of sp³-hybridized carbons (Fsp3) is 0.250. The van der Waals surface area contributed by atoms with Gasteiger partial charge >= 0.3 is 11.9 Å². The van der Waals surface area contributed by atoms with Gasteiger partial charge in [0, 0.05) is 11.5 Å². The maximum Gasteiger partial charge on any atom is 0.332 e. The second kappa shape index (κ2) is 3.62. The number of hydrogen-bond donors (Lipinski definition) is 2. The van der Waals surface area contributed by atoms with Gasteiger partial charge in [0.2, 0.25) is 0 Å². The minimum absolute atomic E-state index is 0.00147. The van der Waals surface area contributed by atoms with E-state index in [-0.39, 0.29) is 24.0 Å². The summed E-state index contributed by atoms with van der Waals surface area (Å²) in [6.07, 6.45) is 1.59. The lowest BCUT2D eigenvalue weighted by atomic mass is 9.97. The van der Waals surface area contributed by atoms with E-state index in [1.165, 1.54) is 6.08 Å². The van der Waals surface area contributed by atoms with E-state index in [9.17, 15) is 9.59 Å². The van der Waals surface area contributed by atoms with Crippen LogP contribution in [0.2, 0.25) is 0 Å². The molecule has 1 rings (SSSR count). The molecule has 0 saturated carbocycles. The van der Waals surface area contributed by atoms with Crippen LogP contribution in [0, 0.1) is 0 Å². The van der Waals surface area contributed by atoms with Crippen molar-refractivity contribution in [2.45, 2.75) is 12.8 Å². The fourth-order valence-corrected chi connectivity index (χ4v) is 1.32. The number of aliphatic carboxylic acids is 2. The van der Waals surface area contributed by atoms with E-state index < -0.39 is 11.9 Å². The van der Waals surface area contributed by atoms with Gasteiger partial charge in [-0.2, -0.15) is 0 Å². The molecule has 0 fully saturated rings. The van der Waals surface area contributed by atoms with Gasteiger partial charge in [0.25, 0.3) is 0 Å². The molecule has 0 aromatic carbocycles. The van der Waals surface area contributed by atoms with Gasteiger partial charge in [-0.25, -0.2) is 9.59 Å². The molecule has 0 radical (unpaired) electrons. The number of carbonyl (C=O) groups is 2. The van der Waals surface area contributed by atoms with E-state index in [4.69, 9.17) is 21.8 Å². The van der Waals surface area contributed by atoms with E-state index in [0.29, 0.717) is 5.03 Å². The highest BCUT2D eigenvalue weighted by Crippen LogP contribution is 2.26. The van der Waals surface area contributed by atoms with Crippen molar-refractivity contribution in [2.75, 3.05) is 0 Å². The molecule has 0 spiro atoms. The Hall–Kier alpha value is -1.29. The van der Waals surface area contributed by atoms with Crippen molar-refractivity contribution in [3.05, 3.63) is 22.3 Å². The van der Waals surface area contributed by atoms with Crippen molar-refractivity contribution >= 4 is 23.5 Å². The molecule has 0 aromatic heterocycles. The lowest BCUT2D eigenvalue weighted by molar-refractivity contribution is -0.136. The van der Waals surface area contributed by atoms with Crippen LogP contribution in [0.4, 0.5) is 0 Å². The van der Waals surface area contributed by atoms with Gasteiger partial charge in [-0.05, 0) is 6.42 Å². The highest BCUT2D eigenvalue weighted by Gasteiger charge is 2.23. The minimum Gasteiger partial charge on any atom is -0.478 e. The molecule has 1 aliphatic rings. The Labute approximate surface area is 79.1 Å². The average molecular weight is 203 g/mol. The van der Waals surface area contributed by atoms with Gasteiger partial charge in [-0.15, -0.1) is 0 Å². The molecule has 0 amide bonds. The summed E-state index contributed by atoms with van der Waals surface area (Å²) >= 11 is 5.60. The molecule has 13 heavy (non-hydrogen) atoms. The monoisotopic (exact) mass is 202 g/mol. The predicted molar refractivity (Wildman–Crippen MR) is 45.5 cm³/mol. The van der Waals surface area contributed by atoms with Crippen molar-refractivity contribution in [3.63, 3.8) is 0 Å². The van der Waals surface area contributed by atoms with Crippen LogP contribution in [0.15, 0.2) is 22.3 Å². The zero-order valence-electron chi connectivity index (χ0n) is 6.58. The molecule has 0 bridgehead atoms. The molecule has 5 heteroatoms. The molecule has 0 unspecified atom stereocenters. The number of hydrogen-bond acceptors (Lipinski definition) is 2. The first kappa shape index (κ1) is 9.80. The van der Waals surface area contributed by atoms with Crippen LogP contribution < -0.4 is 0 Å². The molecule has 0 atom stereocenters. The van der Waals surface area contributed by atoms with Crippen molar-refractivity contribution in [1.29, 1.82) is 0 Å². The molecule has 0 heterocycles. The summed E-state index contributed by atoms with van der Waals surface area (Å²) in [7, 11) is 0. The second-order valence-corrected chi connectivity index (χ2v) is 3.08. The number of carboxylic acid groups (broad SMARTS) is 2. The second-order valence-electron chi connectivity index (χ2n) is 2.60. The van der Waals surface area contributed by atoms with Crippen LogP contribution >= 0.6 is 11.6 Å². The van der Waals surface area contributed by atoms with E-state index in [1.54, 1.807) is 0 Å². The Morgan fingerprint density at radius 2 is 1.77 bits per heavy atom. The first-order valence-electron chi connectivity index (χ1n) is 3.55. The summed E-state index contributed by atoms with van der Waals surface area (Å²) < 4.78 is 0. The van der Waals surface area contributed by atoms with Crippen molar-refractivity contribution in [3.8, 4) is 0 Å². The van der Waals surface area contributed by atoms with Gasteiger partial charge in [0.05, 0.1) is 11.1 Å². The van der Waals surface area contributed by atoms with Crippen LogP contribution in [0.1, 0.15) is 12.8 Å². The first-order chi connectivity index (χ1) is 6.02. The molecular weight excluding hydrogens is 196 g/mol. The number of allylic oxidation sites excluding steroid dienone is 2. The Morgan fingerprint density at radius 3 is 2.23 bits per heavy atom. The summed E-state index contributed by atoms with van der Waals surface area (Å²) in [6, 6.07) is 0. The van der Waals surface area contributed by atoms with Gasteiger partial charge in [-0.3, -0.25) is 0 Å². The summed E-state index contributed by atoms with van der Waals surface area (Å²) in [5, 5.41) is 17.7. The highest BCUT2D eigenvalue weighted by atomic mass is 35.5. The number of carboxylic acids is 2. The van der Waals surface area contributed by atoms with E-state index >= 15 is 0 Å². The quantitative estimate of drug-likeness (QED) is 0.709. The first-order valence-corrected chi connectivity index (χ1v) is 3.93. The van der Waals surface area contributed by atoms with E-state index in [0.717, 1.165) is 0 Å². The maximum atomic E-state index is 10.6. The Morgan fingerprint density at radius 1 is 1.23 bits per heavy atom. The van der Waals surface area contributed by atoms with Crippen molar-refractivity contribution < 1.29 is 19.8 Å². The van der Waals surface area contributed by atoms with Crippen LogP contribution in [0.3, 0.4) is 0 Å². The minimum atomic E-state index is -1.22. The van der Waals surface area contributed by atoms with Crippen molar-refractivity contribution in [2.24, 2.45) is 0 Å². The molecule has 0 aliphatic heterocycles. The summed E-state index contributed by atoms with van der Waals surface area (Å²) in [6.45, 7) is 0. The van der Waals surface area contributed by atoms with E-state index in [1.807, 2.05) is 0 Å². The summed E-state index contributed by atoms with van der Waals surface area (Å²) in [5.74, 6) is -2.42. The molecule has 0 saturated heterocycles. The normalized spacial score (nSPS) is 16.8. The van der Waals surface area contributed by atoms with Crippen molar-refractivity contribution in [1.82, 2.24) is 0 Å². The van der Waals surface area contributed by atoms with E-state index in [2.05, 4.69) is 0 Å². The molecule has 0 aromatic rings. The lowest BCUT2D eigenvalue weighted by Gasteiger charge is -2.11. The third-order valence-electron chi connectivity index (χ3n) is 1.75. The van der Waals surface area contributed by atoms with Crippen LogP contribution in [-0.4, -0.2) is 22.2 Å². The Bertz CT molecular complexity index is 327. The zero-order valence-corrected chi connectivity index (χ0v) is 7.34. The average Bonchev–Trinajstić information content (AvgIpc) is 2.03. The van der Waals surface area contributed by atoms with Gasteiger partial charge < -0.3 is 10.2 Å². The third-order valence-corrected chi connectivity index (χ3v) is 2.04. The fourth-order valence-electron chi connectivity index (χ4n) is 1.10. The van der Waals surface area contributed by atoms with Crippen LogP contribution in [0.5, 0.6) is 0 Å². The number of halogens is 1. The molecule has 70 valence electrons. The van der Waals surface area contributed by atoms with Crippen LogP contribution in [0.25, 0.3) is 0 Å². The molecule has 4 nitrogen and oxygen atoms in total. The largest absolute Gasteiger partial charge is 0.478 e. The Balaban J connectivity index is 3.04.